The lowest BCUT2D eigenvalue weighted by molar-refractivity contribution is 0.301. The fraction of sp³-hybridized carbons (Fsp3) is 0.600. The standard InChI is InChI=1S/C15H23ClN2O/c1-9-5-12(16)10(2)14(15(9)19-4)13-6-11(7-17)8-18(13)3/h5,11,13H,6-8,17H2,1-4H3. The molecule has 0 bridgehead atoms. The first-order valence-corrected chi connectivity index (χ1v) is 7.11. The minimum absolute atomic E-state index is 0.348. The Kier molecular flexibility index (Phi) is 4.39. The van der Waals surface area contributed by atoms with E-state index in [1.807, 2.05) is 13.0 Å². The van der Waals surface area contributed by atoms with E-state index in [0.717, 1.165) is 41.4 Å². The first-order valence-electron chi connectivity index (χ1n) is 6.73. The highest BCUT2D eigenvalue weighted by molar-refractivity contribution is 6.31. The number of benzene rings is 1. The molecule has 4 heteroatoms. The molecule has 2 N–H and O–H groups in total. The highest BCUT2D eigenvalue weighted by Gasteiger charge is 2.33. The molecule has 1 saturated heterocycles. The fourth-order valence-electron chi connectivity index (χ4n) is 3.16. The number of nitrogens with two attached hydrogens (primary N) is 1. The van der Waals surface area contributed by atoms with Crippen LogP contribution in [0, 0.1) is 19.8 Å². The highest BCUT2D eigenvalue weighted by atomic mass is 35.5. The quantitative estimate of drug-likeness (QED) is 0.926. The van der Waals surface area contributed by atoms with Crippen molar-refractivity contribution >= 4 is 11.6 Å². The monoisotopic (exact) mass is 282 g/mol. The van der Waals surface area contributed by atoms with Crippen molar-refractivity contribution < 1.29 is 4.74 Å². The molecule has 1 aliphatic heterocycles. The zero-order valence-electron chi connectivity index (χ0n) is 12.2. The van der Waals surface area contributed by atoms with E-state index in [-0.39, 0.29) is 0 Å². The van der Waals surface area contributed by atoms with E-state index in [0.29, 0.717) is 12.0 Å². The number of methoxy groups -OCH3 is 1. The van der Waals surface area contributed by atoms with Crippen LogP contribution in [0.3, 0.4) is 0 Å². The van der Waals surface area contributed by atoms with E-state index in [4.69, 9.17) is 22.1 Å². The summed E-state index contributed by atoms with van der Waals surface area (Å²) in [6.45, 7) is 5.89. The molecule has 2 rings (SSSR count). The third kappa shape index (κ3) is 2.60. The largest absolute Gasteiger partial charge is 0.496 e. The fourth-order valence-corrected chi connectivity index (χ4v) is 3.43. The highest BCUT2D eigenvalue weighted by Crippen LogP contribution is 2.43. The van der Waals surface area contributed by atoms with Gasteiger partial charge in [-0.2, -0.15) is 0 Å². The van der Waals surface area contributed by atoms with E-state index in [9.17, 15) is 0 Å². The van der Waals surface area contributed by atoms with Crippen LogP contribution in [0.4, 0.5) is 0 Å². The molecular formula is C15H23ClN2O. The number of halogens is 1. The van der Waals surface area contributed by atoms with Gasteiger partial charge in [0, 0.05) is 23.2 Å². The Bertz CT molecular complexity index is 476. The number of rotatable bonds is 3. The molecule has 1 aliphatic rings. The molecule has 1 aromatic carbocycles. The van der Waals surface area contributed by atoms with Crippen molar-refractivity contribution in [3.05, 3.63) is 27.8 Å². The van der Waals surface area contributed by atoms with Crippen molar-refractivity contribution in [2.45, 2.75) is 26.3 Å². The second kappa shape index (κ2) is 5.70. The summed E-state index contributed by atoms with van der Waals surface area (Å²) in [5.41, 5.74) is 9.27. The summed E-state index contributed by atoms with van der Waals surface area (Å²) >= 11 is 6.35. The molecule has 1 aromatic rings. The van der Waals surface area contributed by atoms with Gasteiger partial charge in [0.2, 0.25) is 0 Å². The van der Waals surface area contributed by atoms with Crippen LogP contribution < -0.4 is 10.5 Å². The molecule has 0 aliphatic carbocycles. The number of hydrogen-bond acceptors (Lipinski definition) is 3. The number of likely N-dealkylation sites (tertiary alicyclic amines) is 1. The maximum Gasteiger partial charge on any atom is 0.126 e. The number of ether oxygens (including phenoxy) is 1. The zero-order chi connectivity index (χ0) is 14.2. The molecule has 106 valence electrons. The average Bonchev–Trinajstić information content (AvgIpc) is 2.74. The molecule has 0 saturated carbocycles. The molecule has 0 aromatic heterocycles. The van der Waals surface area contributed by atoms with Crippen molar-refractivity contribution in [3.8, 4) is 5.75 Å². The Morgan fingerprint density at radius 3 is 2.68 bits per heavy atom. The predicted octanol–water partition coefficient (Wildman–Crippen LogP) is 2.92. The smallest absolute Gasteiger partial charge is 0.126 e. The van der Waals surface area contributed by atoms with Crippen molar-refractivity contribution in [2.75, 3.05) is 27.2 Å². The Labute approximate surface area is 120 Å². The van der Waals surface area contributed by atoms with Crippen LogP contribution in [0.2, 0.25) is 5.02 Å². The topological polar surface area (TPSA) is 38.5 Å². The van der Waals surface area contributed by atoms with Crippen molar-refractivity contribution in [2.24, 2.45) is 11.7 Å². The zero-order valence-corrected chi connectivity index (χ0v) is 12.9. The lowest BCUT2D eigenvalue weighted by Crippen LogP contribution is -2.21. The molecule has 1 fully saturated rings. The van der Waals surface area contributed by atoms with Gasteiger partial charge in [0.25, 0.3) is 0 Å². The van der Waals surface area contributed by atoms with Crippen molar-refractivity contribution in [3.63, 3.8) is 0 Å². The Hall–Kier alpha value is -0.770. The van der Waals surface area contributed by atoms with Gasteiger partial charge in [0.15, 0.2) is 0 Å². The summed E-state index contributed by atoms with van der Waals surface area (Å²) in [6.07, 6.45) is 1.07. The molecule has 2 unspecified atom stereocenters. The summed E-state index contributed by atoms with van der Waals surface area (Å²) in [6, 6.07) is 2.33. The van der Waals surface area contributed by atoms with Crippen LogP contribution in [-0.2, 0) is 0 Å². The van der Waals surface area contributed by atoms with Gasteiger partial charge in [0.1, 0.15) is 5.75 Å². The third-order valence-corrected chi connectivity index (χ3v) is 4.61. The molecule has 19 heavy (non-hydrogen) atoms. The van der Waals surface area contributed by atoms with Gasteiger partial charge in [-0.15, -0.1) is 0 Å². The van der Waals surface area contributed by atoms with Crippen LogP contribution in [0.1, 0.15) is 29.2 Å². The maximum absolute atomic E-state index is 6.35. The van der Waals surface area contributed by atoms with E-state index >= 15 is 0 Å². The van der Waals surface area contributed by atoms with Gasteiger partial charge in [-0.3, -0.25) is 4.90 Å². The summed E-state index contributed by atoms with van der Waals surface area (Å²) in [4.78, 5) is 2.36. The minimum Gasteiger partial charge on any atom is -0.496 e. The predicted molar refractivity (Wildman–Crippen MR) is 80.0 cm³/mol. The third-order valence-electron chi connectivity index (χ3n) is 4.21. The van der Waals surface area contributed by atoms with Gasteiger partial charge < -0.3 is 10.5 Å². The summed E-state index contributed by atoms with van der Waals surface area (Å²) in [5.74, 6) is 1.52. The van der Waals surface area contributed by atoms with Gasteiger partial charge in [-0.05, 0) is 57.0 Å². The van der Waals surface area contributed by atoms with Crippen LogP contribution in [0.5, 0.6) is 5.75 Å². The van der Waals surface area contributed by atoms with Crippen LogP contribution in [0.25, 0.3) is 0 Å². The van der Waals surface area contributed by atoms with Crippen LogP contribution in [0.15, 0.2) is 6.07 Å². The molecule has 0 amide bonds. The number of hydrogen-bond donors (Lipinski definition) is 1. The van der Waals surface area contributed by atoms with Gasteiger partial charge in [-0.1, -0.05) is 11.6 Å². The van der Waals surface area contributed by atoms with Crippen LogP contribution in [-0.4, -0.2) is 32.1 Å². The average molecular weight is 283 g/mol. The minimum atomic E-state index is 0.348. The molecule has 0 radical (unpaired) electrons. The molecule has 2 atom stereocenters. The van der Waals surface area contributed by atoms with Crippen LogP contribution >= 0.6 is 11.6 Å². The summed E-state index contributed by atoms with van der Waals surface area (Å²) in [5, 5.41) is 0.817. The Morgan fingerprint density at radius 2 is 2.16 bits per heavy atom. The first kappa shape index (κ1) is 14.6. The first-order chi connectivity index (χ1) is 8.99. The van der Waals surface area contributed by atoms with Gasteiger partial charge in [0.05, 0.1) is 7.11 Å². The van der Waals surface area contributed by atoms with Crippen molar-refractivity contribution in [1.29, 1.82) is 0 Å². The number of aryl methyl sites for hydroxylation is 1. The maximum atomic E-state index is 6.35. The van der Waals surface area contributed by atoms with Gasteiger partial charge >= 0.3 is 0 Å². The lowest BCUT2D eigenvalue weighted by atomic mass is 9.93. The van der Waals surface area contributed by atoms with E-state index in [2.05, 4.69) is 18.9 Å². The van der Waals surface area contributed by atoms with Gasteiger partial charge in [-0.25, -0.2) is 0 Å². The molecule has 3 nitrogen and oxygen atoms in total. The second-order valence-corrected chi connectivity index (χ2v) is 5.95. The molecule has 0 spiro atoms. The molecular weight excluding hydrogens is 260 g/mol. The second-order valence-electron chi connectivity index (χ2n) is 5.54. The number of nitrogens with zero attached hydrogens (tertiary/aromatic N) is 1. The Morgan fingerprint density at radius 1 is 1.47 bits per heavy atom. The summed E-state index contributed by atoms with van der Waals surface area (Å²) in [7, 11) is 3.88. The lowest BCUT2D eigenvalue weighted by Gasteiger charge is -2.25. The van der Waals surface area contributed by atoms with Crippen molar-refractivity contribution in [1.82, 2.24) is 4.90 Å². The normalized spacial score (nSPS) is 23.9. The summed E-state index contributed by atoms with van der Waals surface area (Å²) < 4.78 is 5.63. The van der Waals surface area contributed by atoms with E-state index in [1.165, 1.54) is 5.56 Å². The van der Waals surface area contributed by atoms with E-state index in [1.54, 1.807) is 7.11 Å². The molecule has 1 heterocycles. The van der Waals surface area contributed by atoms with E-state index < -0.39 is 0 Å². The Balaban J connectivity index is 2.49. The SMILES string of the molecule is COc1c(C)cc(Cl)c(C)c1C1CC(CN)CN1C.